The Morgan fingerprint density at radius 2 is 1.78 bits per heavy atom. The molecule has 242 valence electrons. The highest BCUT2D eigenvalue weighted by molar-refractivity contribution is 5.60. The van der Waals surface area contributed by atoms with Crippen molar-refractivity contribution in [1.82, 2.24) is 16.0 Å². The Kier molecular flexibility index (Phi) is 9.91. The van der Waals surface area contributed by atoms with Crippen molar-refractivity contribution in [3.05, 3.63) is 125 Å². The summed E-state index contributed by atoms with van der Waals surface area (Å²) in [7, 11) is 0. The van der Waals surface area contributed by atoms with Crippen LogP contribution in [0.25, 0.3) is 6.08 Å². The van der Waals surface area contributed by atoms with Gasteiger partial charge in [0.1, 0.15) is 0 Å². The minimum atomic E-state index is 0.142. The molecule has 0 bridgehead atoms. The fourth-order valence-electron chi connectivity index (χ4n) is 9.30. The van der Waals surface area contributed by atoms with Crippen molar-refractivity contribution in [2.75, 3.05) is 0 Å². The van der Waals surface area contributed by atoms with E-state index in [0.717, 1.165) is 44.9 Å². The van der Waals surface area contributed by atoms with Crippen molar-refractivity contribution in [2.45, 2.75) is 103 Å². The Morgan fingerprint density at radius 1 is 0.891 bits per heavy atom. The Morgan fingerprint density at radius 3 is 2.59 bits per heavy atom. The maximum atomic E-state index is 4.10. The van der Waals surface area contributed by atoms with Crippen molar-refractivity contribution in [1.29, 1.82) is 0 Å². The second-order valence-electron chi connectivity index (χ2n) is 14.5. The lowest BCUT2D eigenvalue weighted by molar-refractivity contribution is 0.196. The molecule has 3 nitrogen and oxygen atoms in total. The molecule has 5 aliphatic carbocycles. The standard InChI is InChI=1S/C43H55N3/c1-4-6-15-30(5-2)41-44-42(34-19-11-8-12-20-34)46-43(45-41)35-26-27-36(31-16-9-7-10-17-31)38(28-35)39-29(3)22-23-33-25-24-32-18-13-14-21-37(32)40(33)39/h6-7,9-11,13-16,18-21,24-25,28-31,33,39-46H,4-5,8,12,17,22-23,26-27H2,1-3H3/b15-6-. The first kappa shape index (κ1) is 31.6. The van der Waals surface area contributed by atoms with Crippen LogP contribution in [0, 0.1) is 29.6 Å². The molecule has 9 unspecified atom stereocenters. The van der Waals surface area contributed by atoms with Crippen LogP contribution in [0.15, 0.2) is 113 Å². The Bertz CT molecular complexity index is 1500. The molecule has 3 heteroatoms. The van der Waals surface area contributed by atoms with Gasteiger partial charge >= 0.3 is 0 Å². The van der Waals surface area contributed by atoms with Gasteiger partial charge in [0, 0.05) is 11.8 Å². The molecule has 7 rings (SSSR count). The van der Waals surface area contributed by atoms with Gasteiger partial charge in [-0.3, -0.25) is 16.0 Å². The first-order chi connectivity index (χ1) is 22.6. The molecule has 1 heterocycles. The summed E-state index contributed by atoms with van der Waals surface area (Å²) in [4.78, 5) is 0. The monoisotopic (exact) mass is 613 g/mol. The lowest BCUT2D eigenvalue weighted by Crippen LogP contribution is -2.69. The van der Waals surface area contributed by atoms with Crippen LogP contribution >= 0.6 is 0 Å². The number of rotatable bonds is 8. The smallest absolute Gasteiger partial charge is 0.0858 e. The molecule has 0 radical (unpaired) electrons. The Labute approximate surface area is 278 Å². The summed E-state index contributed by atoms with van der Waals surface area (Å²) in [5, 5.41) is 12.2. The number of hydrogen-bond acceptors (Lipinski definition) is 3. The maximum absolute atomic E-state index is 4.10. The zero-order valence-corrected chi connectivity index (χ0v) is 28.3. The fraction of sp³-hybridized carbons (Fsp3) is 0.488. The van der Waals surface area contributed by atoms with E-state index in [1.165, 1.54) is 29.6 Å². The van der Waals surface area contributed by atoms with Crippen LogP contribution in [-0.4, -0.2) is 18.5 Å². The van der Waals surface area contributed by atoms with E-state index in [9.17, 15) is 0 Å². The van der Waals surface area contributed by atoms with Gasteiger partial charge in [0.05, 0.1) is 18.5 Å². The first-order valence-electron chi connectivity index (χ1n) is 18.5. The third-order valence-corrected chi connectivity index (χ3v) is 11.7. The van der Waals surface area contributed by atoms with Crippen LogP contribution < -0.4 is 16.0 Å². The second kappa shape index (κ2) is 14.4. The summed E-state index contributed by atoms with van der Waals surface area (Å²) >= 11 is 0. The summed E-state index contributed by atoms with van der Waals surface area (Å²) in [5.41, 5.74) is 9.28. The average molecular weight is 614 g/mol. The summed E-state index contributed by atoms with van der Waals surface area (Å²) < 4.78 is 0. The van der Waals surface area contributed by atoms with Crippen LogP contribution in [0.2, 0.25) is 0 Å². The van der Waals surface area contributed by atoms with Gasteiger partial charge in [0.15, 0.2) is 0 Å². The van der Waals surface area contributed by atoms with E-state index in [0.29, 0.717) is 35.5 Å². The molecule has 1 aliphatic heterocycles. The van der Waals surface area contributed by atoms with E-state index in [1.54, 1.807) is 16.7 Å². The number of nitrogens with one attached hydrogen (secondary N) is 3. The highest BCUT2D eigenvalue weighted by Gasteiger charge is 2.43. The third kappa shape index (κ3) is 6.44. The van der Waals surface area contributed by atoms with Crippen LogP contribution in [0.1, 0.15) is 95.6 Å². The molecule has 9 atom stereocenters. The molecule has 2 fully saturated rings. The number of hydrogen-bond donors (Lipinski definition) is 3. The van der Waals surface area contributed by atoms with Gasteiger partial charge in [-0.05, 0) is 109 Å². The van der Waals surface area contributed by atoms with E-state index in [4.69, 9.17) is 0 Å². The molecule has 0 aromatic heterocycles. The quantitative estimate of drug-likeness (QED) is 0.256. The lowest BCUT2D eigenvalue weighted by atomic mass is 9.58. The Balaban J connectivity index is 1.29. The zero-order valence-electron chi connectivity index (χ0n) is 28.3. The van der Waals surface area contributed by atoms with Gasteiger partial charge < -0.3 is 0 Å². The van der Waals surface area contributed by atoms with E-state index in [-0.39, 0.29) is 18.5 Å². The molecular weight excluding hydrogens is 558 g/mol. The molecule has 0 amide bonds. The molecular formula is C43H55N3. The molecule has 1 aromatic carbocycles. The first-order valence-corrected chi connectivity index (χ1v) is 18.5. The van der Waals surface area contributed by atoms with Crippen LogP contribution in [-0.2, 0) is 0 Å². The van der Waals surface area contributed by atoms with Crippen molar-refractivity contribution >= 4 is 6.08 Å². The maximum Gasteiger partial charge on any atom is 0.0858 e. The normalized spacial score (nSPS) is 34.7. The van der Waals surface area contributed by atoms with E-state index >= 15 is 0 Å². The van der Waals surface area contributed by atoms with Gasteiger partial charge in [-0.1, -0.05) is 124 Å². The number of allylic oxidation sites excluding steroid dienone is 11. The fourth-order valence-corrected chi connectivity index (χ4v) is 9.30. The van der Waals surface area contributed by atoms with Gasteiger partial charge in [-0.2, -0.15) is 0 Å². The lowest BCUT2D eigenvalue weighted by Gasteiger charge is -2.47. The molecule has 0 spiro atoms. The topological polar surface area (TPSA) is 36.1 Å². The largest absolute Gasteiger partial charge is 0.282 e. The average Bonchev–Trinajstić information content (AvgIpc) is 3.12. The molecule has 1 saturated heterocycles. The summed E-state index contributed by atoms with van der Waals surface area (Å²) in [6.07, 6.45) is 39.9. The van der Waals surface area contributed by atoms with Gasteiger partial charge in [0.25, 0.3) is 0 Å². The number of benzene rings is 1. The molecule has 46 heavy (non-hydrogen) atoms. The third-order valence-electron chi connectivity index (χ3n) is 11.7. The summed E-state index contributed by atoms with van der Waals surface area (Å²) in [6, 6.07) is 9.25. The highest BCUT2D eigenvalue weighted by Crippen LogP contribution is 2.54. The van der Waals surface area contributed by atoms with Crippen molar-refractivity contribution in [2.24, 2.45) is 29.6 Å². The van der Waals surface area contributed by atoms with Crippen LogP contribution in [0.5, 0.6) is 0 Å². The molecule has 1 aromatic rings. The minimum absolute atomic E-state index is 0.142. The molecule has 1 saturated carbocycles. The van der Waals surface area contributed by atoms with Crippen molar-refractivity contribution in [3.63, 3.8) is 0 Å². The Hall–Kier alpha value is -2.98. The van der Waals surface area contributed by atoms with Crippen LogP contribution in [0.3, 0.4) is 0 Å². The van der Waals surface area contributed by atoms with Gasteiger partial charge in [0.2, 0.25) is 0 Å². The van der Waals surface area contributed by atoms with E-state index in [2.05, 4.69) is 134 Å². The predicted molar refractivity (Wildman–Crippen MR) is 195 cm³/mol. The summed E-state index contributed by atoms with van der Waals surface area (Å²) in [6.45, 7) is 7.12. The summed E-state index contributed by atoms with van der Waals surface area (Å²) in [5.74, 6) is 3.30. The van der Waals surface area contributed by atoms with E-state index < -0.39 is 0 Å². The van der Waals surface area contributed by atoms with E-state index in [1.807, 2.05) is 0 Å². The molecule has 6 aliphatic rings. The van der Waals surface area contributed by atoms with Gasteiger partial charge in [-0.25, -0.2) is 0 Å². The van der Waals surface area contributed by atoms with Crippen LogP contribution in [0.4, 0.5) is 0 Å². The minimum Gasteiger partial charge on any atom is -0.282 e. The highest BCUT2D eigenvalue weighted by atomic mass is 15.4. The zero-order chi connectivity index (χ0) is 31.5. The molecule has 3 N–H and O–H groups in total. The number of fused-ring (bicyclic) bond motifs is 3. The van der Waals surface area contributed by atoms with Crippen molar-refractivity contribution < 1.29 is 0 Å². The predicted octanol–water partition coefficient (Wildman–Crippen LogP) is 9.64. The SMILES string of the molecule is CC/C=C\C(CC)C1NC(C2=CCCC=C2)NC(C2=CC(C3C(C)CCC4C=Cc5ccccc5C43)=C(C3C=CC=CC3)CC2)N1. The van der Waals surface area contributed by atoms with Crippen molar-refractivity contribution in [3.8, 4) is 0 Å². The van der Waals surface area contributed by atoms with Gasteiger partial charge in [-0.15, -0.1) is 0 Å². The second-order valence-corrected chi connectivity index (χ2v) is 14.5.